The van der Waals surface area contributed by atoms with Crippen molar-refractivity contribution in [3.8, 4) is 0 Å². The summed E-state index contributed by atoms with van der Waals surface area (Å²) in [6.45, 7) is 5.80. The second kappa shape index (κ2) is 8.94. The Morgan fingerprint density at radius 1 is 1.19 bits per heavy atom. The molecule has 1 saturated heterocycles. The Bertz CT molecular complexity index is 1170. The van der Waals surface area contributed by atoms with Gasteiger partial charge in [-0.25, -0.2) is 13.1 Å². The number of para-hydroxylation sites is 1. The van der Waals surface area contributed by atoms with Gasteiger partial charge in [-0.2, -0.15) is 0 Å². The monoisotopic (exact) mass is 439 g/mol. The zero-order chi connectivity index (χ0) is 22.0. The molecule has 164 valence electrons. The largest absolute Gasteiger partial charge is 0.360 e. The summed E-state index contributed by atoms with van der Waals surface area (Å²) in [4.78, 5) is 18.8. The van der Waals surface area contributed by atoms with Crippen molar-refractivity contribution in [2.45, 2.75) is 37.6 Å². The van der Waals surface area contributed by atoms with E-state index in [0.29, 0.717) is 18.7 Å². The number of likely N-dealkylation sites (tertiary alicyclic amines) is 1. The van der Waals surface area contributed by atoms with Crippen molar-refractivity contribution in [3.05, 3.63) is 65.9 Å². The zero-order valence-corrected chi connectivity index (χ0v) is 18.8. The smallest absolute Gasteiger partial charge is 0.240 e. The molecule has 2 aromatic carbocycles. The fourth-order valence-electron chi connectivity index (χ4n) is 4.31. The summed E-state index contributed by atoms with van der Waals surface area (Å²) < 4.78 is 28.0. The quantitative estimate of drug-likeness (QED) is 0.550. The SMILES string of the molecule is Cc1ccc(S(=O)(=O)NCC2CCCN(C(C)C(=O)c3c[nH]c4ccccc34)C2)cc1. The molecule has 2 N–H and O–H groups in total. The number of piperidine rings is 1. The summed E-state index contributed by atoms with van der Waals surface area (Å²) in [5.41, 5.74) is 2.70. The summed E-state index contributed by atoms with van der Waals surface area (Å²) in [6, 6.07) is 14.4. The number of aromatic nitrogens is 1. The van der Waals surface area contributed by atoms with E-state index in [9.17, 15) is 13.2 Å². The van der Waals surface area contributed by atoms with Gasteiger partial charge >= 0.3 is 0 Å². The number of carbonyl (C=O) groups excluding carboxylic acids is 1. The molecular weight excluding hydrogens is 410 g/mol. The topological polar surface area (TPSA) is 82.3 Å². The molecule has 1 fully saturated rings. The number of nitrogens with zero attached hydrogens (tertiary/aromatic N) is 1. The van der Waals surface area contributed by atoms with E-state index in [2.05, 4.69) is 14.6 Å². The lowest BCUT2D eigenvalue weighted by Crippen LogP contribution is -2.47. The van der Waals surface area contributed by atoms with Crippen LogP contribution in [0.3, 0.4) is 0 Å². The molecule has 7 heteroatoms. The highest BCUT2D eigenvalue weighted by atomic mass is 32.2. The van der Waals surface area contributed by atoms with Crippen LogP contribution in [0, 0.1) is 12.8 Å². The van der Waals surface area contributed by atoms with Crippen LogP contribution in [0.15, 0.2) is 59.6 Å². The molecule has 1 aromatic heterocycles. The van der Waals surface area contributed by atoms with Crippen molar-refractivity contribution < 1.29 is 13.2 Å². The lowest BCUT2D eigenvalue weighted by atomic mass is 9.95. The van der Waals surface area contributed by atoms with Gasteiger partial charge in [-0.15, -0.1) is 0 Å². The Morgan fingerprint density at radius 3 is 2.71 bits per heavy atom. The number of Topliss-reactive ketones (excluding diaryl/α,β-unsaturated/α-hetero) is 1. The van der Waals surface area contributed by atoms with Crippen molar-refractivity contribution in [1.29, 1.82) is 0 Å². The number of carbonyl (C=O) groups is 1. The van der Waals surface area contributed by atoms with Crippen LogP contribution in [0.4, 0.5) is 0 Å². The van der Waals surface area contributed by atoms with Gasteiger partial charge in [-0.1, -0.05) is 35.9 Å². The van der Waals surface area contributed by atoms with Crippen LogP contribution in [0.5, 0.6) is 0 Å². The summed E-state index contributed by atoms with van der Waals surface area (Å²) in [5.74, 6) is 0.269. The van der Waals surface area contributed by atoms with E-state index in [-0.39, 0.29) is 22.6 Å². The van der Waals surface area contributed by atoms with Crippen molar-refractivity contribution in [3.63, 3.8) is 0 Å². The highest BCUT2D eigenvalue weighted by molar-refractivity contribution is 7.89. The van der Waals surface area contributed by atoms with Crippen LogP contribution in [0.25, 0.3) is 10.9 Å². The number of fused-ring (bicyclic) bond motifs is 1. The predicted molar refractivity (Wildman–Crippen MR) is 123 cm³/mol. The molecule has 0 aliphatic carbocycles. The molecule has 6 nitrogen and oxygen atoms in total. The van der Waals surface area contributed by atoms with Gasteiger partial charge in [-0.05, 0) is 57.4 Å². The first-order valence-corrected chi connectivity index (χ1v) is 12.2. The molecule has 0 saturated carbocycles. The minimum absolute atomic E-state index is 0.0957. The number of hydrogen-bond acceptors (Lipinski definition) is 4. The summed E-state index contributed by atoms with van der Waals surface area (Å²) in [5, 5.41) is 0.943. The maximum atomic E-state index is 13.2. The van der Waals surface area contributed by atoms with E-state index in [0.717, 1.165) is 35.9 Å². The average molecular weight is 440 g/mol. The standard InChI is InChI=1S/C24H29N3O3S/c1-17-9-11-20(12-10-17)31(29,30)26-14-19-6-5-13-27(16-19)18(2)24(28)22-15-25-23-8-4-3-7-21(22)23/h3-4,7-12,15,18-19,25-26H,5-6,13-14,16H2,1-2H3. The van der Waals surface area contributed by atoms with E-state index >= 15 is 0 Å². The fourth-order valence-corrected chi connectivity index (χ4v) is 5.43. The number of benzene rings is 2. The lowest BCUT2D eigenvalue weighted by molar-refractivity contribution is 0.0757. The normalized spacial score (nSPS) is 18.8. The second-order valence-corrected chi connectivity index (χ2v) is 10.2. The number of aryl methyl sites for hydroxylation is 1. The maximum Gasteiger partial charge on any atom is 0.240 e. The Kier molecular flexibility index (Phi) is 6.27. The van der Waals surface area contributed by atoms with Crippen molar-refractivity contribution in [1.82, 2.24) is 14.6 Å². The van der Waals surface area contributed by atoms with Crippen LogP contribution >= 0.6 is 0 Å². The average Bonchev–Trinajstić information content (AvgIpc) is 3.21. The van der Waals surface area contributed by atoms with Crippen molar-refractivity contribution >= 4 is 26.7 Å². The molecule has 4 rings (SSSR count). The molecule has 2 heterocycles. The molecule has 1 aliphatic rings. The number of ketones is 1. The number of aromatic amines is 1. The van der Waals surface area contributed by atoms with Crippen LogP contribution in [-0.4, -0.2) is 49.8 Å². The number of rotatable bonds is 7. The summed E-state index contributed by atoms with van der Waals surface area (Å²) in [6.07, 6.45) is 3.68. The minimum Gasteiger partial charge on any atom is -0.360 e. The first-order chi connectivity index (χ1) is 14.8. The van der Waals surface area contributed by atoms with Gasteiger partial charge in [0.15, 0.2) is 5.78 Å². The van der Waals surface area contributed by atoms with E-state index < -0.39 is 10.0 Å². The molecule has 0 radical (unpaired) electrons. The molecule has 2 unspecified atom stereocenters. The Hall–Kier alpha value is -2.48. The van der Waals surface area contributed by atoms with Crippen molar-refractivity contribution in [2.75, 3.05) is 19.6 Å². The first-order valence-electron chi connectivity index (χ1n) is 10.8. The van der Waals surface area contributed by atoms with Gasteiger partial charge in [-0.3, -0.25) is 9.69 Å². The Labute approximate surface area is 183 Å². The molecule has 0 bridgehead atoms. The molecule has 0 amide bonds. The number of hydrogen-bond donors (Lipinski definition) is 2. The highest BCUT2D eigenvalue weighted by Gasteiger charge is 2.29. The van der Waals surface area contributed by atoms with Gasteiger partial charge in [0.25, 0.3) is 0 Å². The summed E-state index contributed by atoms with van der Waals surface area (Å²) in [7, 11) is -3.53. The van der Waals surface area contributed by atoms with Crippen LogP contribution in [0.2, 0.25) is 0 Å². The third-order valence-corrected chi connectivity index (χ3v) is 7.67. The lowest BCUT2D eigenvalue weighted by Gasteiger charge is -2.36. The third kappa shape index (κ3) is 4.74. The van der Waals surface area contributed by atoms with E-state index in [1.54, 1.807) is 30.5 Å². The first kappa shape index (κ1) is 21.7. The van der Waals surface area contributed by atoms with Gasteiger partial charge in [0.1, 0.15) is 0 Å². The summed E-state index contributed by atoms with van der Waals surface area (Å²) >= 11 is 0. The molecule has 1 aliphatic heterocycles. The van der Waals surface area contributed by atoms with Gasteiger partial charge in [0, 0.05) is 35.8 Å². The Morgan fingerprint density at radius 2 is 1.94 bits per heavy atom. The van der Waals surface area contributed by atoms with Crippen LogP contribution in [-0.2, 0) is 10.0 Å². The predicted octanol–water partition coefficient (Wildman–Crippen LogP) is 3.74. The highest BCUT2D eigenvalue weighted by Crippen LogP contribution is 2.24. The minimum atomic E-state index is -3.53. The molecular formula is C24H29N3O3S. The Balaban J connectivity index is 1.40. The van der Waals surface area contributed by atoms with Gasteiger partial charge in [0.2, 0.25) is 10.0 Å². The fraction of sp³-hybridized carbons (Fsp3) is 0.375. The van der Waals surface area contributed by atoms with Crippen molar-refractivity contribution in [2.24, 2.45) is 5.92 Å². The van der Waals surface area contributed by atoms with Gasteiger partial charge in [0.05, 0.1) is 10.9 Å². The van der Waals surface area contributed by atoms with Crippen LogP contribution in [0.1, 0.15) is 35.7 Å². The zero-order valence-electron chi connectivity index (χ0n) is 18.0. The molecule has 31 heavy (non-hydrogen) atoms. The molecule has 0 spiro atoms. The van der Waals surface area contributed by atoms with Gasteiger partial charge < -0.3 is 4.98 Å². The van der Waals surface area contributed by atoms with E-state index in [4.69, 9.17) is 0 Å². The molecule has 3 aromatic rings. The van der Waals surface area contributed by atoms with E-state index in [1.165, 1.54) is 0 Å². The van der Waals surface area contributed by atoms with E-state index in [1.807, 2.05) is 38.1 Å². The number of nitrogens with one attached hydrogen (secondary N) is 2. The number of H-pyrrole nitrogens is 1. The molecule has 2 atom stereocenters. The second-order valence-electron chi connectivity index (χ2n) is 8.46. The maximum absolute atomic E-state index is 13.2. The third-order valence-electron chi connectivity index (χ3n) is 6.23. The van der Waals surface area contributed by atoms with Crippen LogP contribution < -0.4 is 4.72 Å². The number of sulfonamides is 1.